The summed E-state index contributed by atoms with van der Waals surface area (Å²) in [5.74, 6) is -0.166. The summed E-state index contributed by atoms with van der Waals surface area (Å²) in [7, 11) is 0. The molecule has 5 nitrogen and oxygen atoms in total. The summed E-state index contributed by atoms with van der Waals surface area (Å²) >= 11 is 0. The van der Waals surface area contributed by atoms with Crippen LogP contribution in [0.1, 0.15) is 57.3 Å². The summed E-state index contributed by atoms with van der Waals surface area (Å²) in [6.45, 7) is 6.84. The van der Waals surface area contributed by atoms with Crippen LogP contribution in [0.4, 0.5) is 18.0 Å². The number of rotatable bonds is 1. The highest BCUT2D eigenvalue weighted by atomic mass is 19.4. The summed E-state index contributed by atoms with van der Waals surface area (Å²) in [4.78, 5) is 17.6. The quantitative estimate of drug-likeness (QED) is 0.719. The number of piperidine rings is 1. The van der Waals surface area contributed by atoms with Crippen molar-refractivity contribution < 1.29 is 27.4 Å². The first-order valence-electron chi connectivity index (χ1n) is 9.14. The van der Waals surface area contributed by atoms with Crippen molar-refractivity contribution in [3.63, 3.8) is 0 Å². The number of pyridine rings is 1. The molecular formula is C19H25F3N2O3. The number of carbonyl (C=O) groups excluding carboxylic acids is 1. The number of likely N-dealkylation sites (tertiary alicyclic amines) is 1. The fourth-order valence-electron chi connectivity index (χ4n) is 3.64. The third kappa shape index (κ3) is 4.72. The molecule has 3 rings (SSSR count). The first kappa shape index (κ1) is 19.9. The van der Waals surface area contributed by atoms with Gasteiger partial charge in [-0.05, 0) is 52.2 Å². The zero-order valence-electron chi connectivity index (χ0n) is 15.8. The second-order valence-electron chi connectivity index (χ2n) is 8.31. The van der Waals surface area contributed by atoms with Gasteiger partial charge < -0.3 is 14.4 Å². The topological polar surface area (TPSA) is 51.7 Å². The lowest BCUT2D eigenvalue weighted by molar-refractivity contribution is -0.141. The molecule has 1 unspecified atom stereocenters. The van der Waals surface area contributed by atoms with Crippen LogP contribution in [0.15, 0.2) is 18.2 Å². The van der Waals surface area contributed by atoms with Crippen LogP contribution in [0.3, 0.4) is 0 Å². The minimum atomic E-state index is -4.45. The third-order valence-corrected chi connectivity index (χ3v) is 5.01. The van der Waals surface area contributed by atoms with Crippen molar-refractivity contribution in [1.82, 2.24) is 9.88 Å². The van der Waals surface area contributed by atoms with E-state index >= 15 is 0 Å². The van der Waals surface area contributed by atoms with E-state index in [-0.39, 0.29) is 12.0 Å². The van der Waals surface area contributed by atoms with Gasteiger partial charge in [-0.2, -0.15) is 13.2 Å². The monoisotopic (exact) mass is 386 g/mol. The molecule has 8 heteroatoms. The number of alkyl halides is 3. The Morgan fingerprint density at radius 3 is 2.52 bits per heavy atom. The minimum absolute atomic E-state index is 0.166. The molecule has 3 heterocycles. The first-order chi connectivity index (χ1) is 12.5. The Labute approximate surface area is 156 Å². The van der Waals surface area contributed by atoms with Gasteiger partial charge in [-0.1, -0.05) is 6.07 Å². The Hall–Kier alpha value is -1.83. The normalized spacial score (nSPS) is 22.9. The van der Waals surface area contributed by atoms with Gasteiger partial charge in [0.2, 0.25) is 0 Å². The van der Waals surface area contributed by atoms with E-state index in [0.29, 0.717) is 44.7 Å². The number of amides is 1. The molecule has 1 atom stereocenters. The smallest absolute Gasteiger partial charge is 0.433 e. The van der Waals surface area contributed by atoms with Gasteiger partial charge in [-0.3, -0.25) is 0 Å². The molecule has 0 radical (unpaired) electrons. The third-order valence-electron chi connectivity index (χ3n) is 5.01. The second kappa shape index (κ2) is 6.96. The van der Waals surface area contributed by atoms with Crippen molar-refractivity contribution in [2.24, 2.45) is 0 Å². The molecule has 1 aromatic heterocycles. The predicted molar refractivity (Wildman–Crippen MR) is 92.3 cm³/mol. The van der Waals surface area contributed by atoms with Crippen LogP contribution in [0.2, 0.25) is 0 Å². The van der Waals surface area contributed by atoms with Crippen molar-refractivity contribution in [2.45, 2.75) is 63.3 Å². The van der Waals surface area contributed by atoms with Crippen molar-refractivity contribution in [2.75, 3.05) is 19.7 Å². The average Bonchev–Trinajstić information content (AvgIpc) is 2.97. The van der Waals surface area contributed by atoms with Crippen LogP contribution in [-0.2, 0) is 15.7 Å². The highest BCUT2D eigenvalue weighted by molar-refractivity contribution is 5.68. The lowest BCUT2D eigenvalue weighted by Gasteiger charge is -2.39. The Balaban J connectivity index is 1.61. The molecule has 150 valence electrons. The zero-order chi connectivity index (χ0) is 19.9. The number of nitrogens with zero attached hydrogens (tertiary/aromatic N) is 2. The van der Waals surface area contributed by atoms with Gasteiger partial charge in [0.15, 0.2) is 0 Å². The highest BCUT2D eigenvalue weighted by Crippen LogP contribution is 2.43. The molecule has 0 bridgehead atoms. The Morgan fingerprint density at radius 2 is 1.93 bits per heavy atom. The Kier molecular flexibility index (Phi) is 5.14. The maximum absolute atomic E-state index is 12.9. The van der Waals surface area contributed by atoms with Gasteiger partial charge in [0.25, 0.3) is 0 Å². The number of aromatic nitrogens is 1. The summed E-state index contributed by atoms with van der Waals surface area (Å²) in [6, 6.07) is 3.99. The molecule has 1 spiro atoms. The van der Waals surface area contributed by atoms with Crippen molar-refractivity contribution >= 4 is 6.09 Å². The number of carbonyl (C=O) groups is 1. The number of hydrogen-bond acceptors (Lipinski definition) is 4. The standard InChI is InChI=1S/C19H25F3N2O3/c1-17(2,3)27-16(25)24-9-7-18(8-10-24)11-13(12-26-18)14-5-4-6-15(23-14)19(20,21)22/h4-6,13H,7-12H2,1-3H3. The fourth-order valence-corrected chi connectivity index (χ4v) is 3.64. The molecule has 0 aromatic carbocycles. The molecule has 1 amide bonds. The number of ether oxygens (including phenoxy) is 2. The van der Waals surface area contributed by atoms with E-state index in [1.807, 2.05) is 20.8 Å². The van der Waals surface area contributed by atoms with E-state index in [1.165, 1.54) is 6.07 Å². The maximum Gasteiger partial charge on any atom is 0.433 e. The summed E-state index contributed by atoms with van der Waals surface area (Å²) < 4.78 is 50.1. The molecule has 0 aliphatic carbocycles. The van der Waals surface area contributed by atoms with Gasteiger partial charge in [-0.15, -0.1) is 0 Å². The molecule has 0 saturated carbocycles. The van der Waals surface area contributed by atoms with E-state index in [2.05, 4.69) is 4.98 Å². The lowest BCUT2D eigenvalue weighted by atomic mass is 9.84. The van der Waals surface area contributed by atoms with Crippen molar-refractivity contribution in [3.05, 3.63) is 29.6 Å². The second-order valence-corrected chi connectivity index (χ2v) is 8.31. The summed E-state index contributed by atoms with van der Waals surface area (Å²) in [5.41, 5.74) is -1.41. The Morgan fingerprint density at radius 1 is 1.26 bits per heavy atom. The van der Waals surface area contributed by atoms with Crippen LogP contribution in [0.5, 0.6) is 0 Å². The summed E-state index contributed by atoms with van der Waals surface area (Å²) in [5, 5.41) is 0. The van der Waals surface area contributed by atoms with E-state index < -0.39 is 23.1 Å². The molecule has 0 N–H and O–H groups in total. The molecule has 27 heavy (non-hydrogen) atoms. The zero-order valence-corrected chi connectivity index (χ0v) is 15.8. The largest absolute Gasteiger partial charge is 0.444 e. The lowest BCUT2D eigenvalue weighted by Crippen LogP contribution is -2.47. The predicted octanol–water partition coefficient (Wildman–Crippen LogP) is 4.37. The highest BCUT2D eigenvalue weighted by Gasteiger charge is 2.45. The van der Waals surface area contributed by atoms with Crippen LogP contribution in [0.25, 0.3) is 0 Å². The van der Waals surface area contributed by atoms with E-state index in [0.717, 1.165) is 6.07 Å². The SMILES string of the molecule is CC(C)(C)OC(=O)N1CCC2(CC1)CC(c1cccc(C(F)(F)F)n1)CO2. The van der Waals surface area contributed by atoms with Gasteiger partial charge in [-0.25, -0.2) is 9.78 Å². The van der Waals surface area contributed by atoms with Crippen molar-refractivity contribution in [1.29, 1.82) is 0 Å². The van der Waals surface area contributed by atoms with E-state index in [1.54, 1.807) is 11.0 Å². The van der Waals surface area contributed by atoms with Gasteiger partial charge in [0.1, 0.15) is 11.3 Å². The fraction of sp³-hybridized carbons (Fsp3) is 0.684. The van der Waals surface area contributed by atoms with Crippen LogP contribution in [0, 0.1) is 0 Å². The molecular weight excluding hydrogens is 361 g/mol. The number of halogens is 3. The molecule has 2 fully saturated rings. The molecule has 2 aliphatic rings. The van der Waals surface area contributed by atoms with Crippen LogP contribution >= 0.6 is 0 Å². The molecule has 2 aliphatic heterocycles. The van der Waals surface area contributed by atoms with E-state index in [9.17, 15) is 18.0 Å². The maximum atomic E-state index is 12.9. The van der Waals surface area contributed by atoms with Crippen molar-refractivity contribution in [3.8, 4) is 0 Å². The first-order valence-corrected chi connectivity index (χ1v) is 9.14. The van der Waals surface area contributed by atoms with E-state index in [4.69, 9.17) is 9.47 Å². The molecule has 1 aromatic rings. The van der Waals surface area contributed by atoms with Crippen LogP contribution < -0.4 is 0 Å². The van der Waals surface area contributed by atoms with Crippen LogP contribution in [-0.4, -0.2) is 46.9 Å². The molecule has 2 saturated heterocycles. The average molecular weight is 386 g/mol. The minimum Gasteiger partial charge on any atom is -0.444 e. The van der Waals surface area contributed by atoms with Gasteiger partial charge in [0.05, 0.1) is 12.2 Å². The Bertz CT molecular complexity index is 692. The van der Waals surface area contributed by atoms with Gasteiger partial charge in [0, 0.05) is 24.7 Å². The number of hydrogen-bond donors (Lipinski definition) is 0. The summed E-state index contributed by atoms with van der Waals surface area (Å²) in [6.07, 6.45) is -2.90. The van der Waals surface area contributed by atoms with Gasteiger partial charge >= 0.3 is 12.3 Å².